The summed E-state index contributed by atoms with van der Waals surface area (Å²) < 4.78 is 14.6. The highest BCUT2D eigenvalue weighted by molar-refractivity contribution is 7.46. The highest BCUT2D eigenvalue weighted by Gasteiger charge is 2.15. The van der Waals surface area contributed by atoms with Gasteiger partial charge in [-0.1, -0.05) is 30.3 Å². The Kier molecular flexibility index (Phi) is 7.49. The van der Waals surface area contributed by atoms with Crippen molar-refractivity contribution >= 4 is 25.7 Å². The smallest absolute Gasteiger partial charge is 0.388 e. The normalized spacial score (nSPS) is 12.1. The van der Waals surface area contributed by atoms with E-state index in [1.807, 2.05) is 6.07 Å². The zero-order chi connectivity index (χ0) is 18.2. The van der Waals surface area contributed by atoms with Crippen LogP contribution in [0.25, 0.3) is 0 Å². The van der Waals surface area contributed by atoms with Crippen molar-refractivity contribution in [3.63, 3.8) is 0 Å². The van der Waals surface area contributed by atoms with E-state index >= 15 is 0 Å². The first kappa shape index (κ1) is 19.7. The number of nitrogen functional groups attached to an aromatic ring is 3. The molecule has 0 fully saturated rings. The Bertz CT molecular complexity index is 632. The molecule has 11 nitrogen and oxygen atoms in total. The Hall–Kier alpha value is -2.30. The quantitative estimate of drug-likeness (QED) is 0.387. The van der Waals surface area contributed by atoms with Crippen molar-refractivity contribution in [2.24, 2.45) is 0 Å². The lowest BCUT2D eigenvalue weighted by Gasteiger charge is -2.11. The second-order valence-electron chi connectivity index (χ2n) is 4.45. The van der Waals surface area contributed by atoms with E-state index < -0.39 is 13.9 Å². The average Bonchev–Trinajstić information content (AvgIpc) is 2.46. The van der Waals surface area contributed by atoms with Crippen molar-refractivity contribution in [2.75, 3.05) is 23.8 Å². The zero-order valence-electron chi connectivity index (χ0n) is 12.6. The molecule has 132 valence electrons. The number of nitrogens with two attached hydrogens (primary N) is 3. The van der Waals surface area contributed by atoms with E-state index in [0.717, 1.165) is 0 Å². The molecule has 1 heterocycles. The first-order valence-corrected chi connectivity index (χ1v) is 8.16. The largest absolute Gasteiger partial charge is 0.469 e. The summed E-state index contributed by atoms with van der Waals surface area (Å²) in [5.41, 5.74) is 16.1. The minimum atomic E-state index is -4.42. The molecule has 0 spiro atoms. The molecule has 0 aliphatic carbocycles. The summed E-state index contributed by atoms with van der Waals surface area (Å²) in [6.45, 7) is -0.180. The Labute approximate surface area is 137 Å². The van der Waals surface area contributed by atoms with Gasteiger partial charge in [0.15, 0.2) is 0 Å². The summed E-state index contributed by atoms with van der Waals surface area (Å²) in [6, 6.07) is 8.86. The molecule has 1 unspecified atom stereocenters. The molecule has 1 atom stereocenters. The molecule has 0 bridgehead atoms. The number of hydrogen-bond acceptors (Lipinski definition) is 9. The third-order valence-electron chi connectivity index (χ3n) is 2.52. The first-order valence-electron chi connectivity index (χ1n) is 6.63. The van der Waals surface area contributed by atoms with Gasteiger partial charge in [0.2, 0.25) is 17.8 Å². The number of benzene rings is 1. The van der Waals surface area contributed by atoms with Crippen LogP contribution in [0.15, 0.2) is 30.3 Å². The number of rotatable bonds is 5. The maximum atomic E-state index is 10.3. The van der Waals surface area contributed by atoms with Gasteiger partial charge in [0, 0.05) is 6.42 Å². The number of aliphatic hydroxyl groups excluding tert-OH is 1. The van der Waals surface area contributed by atoms with Gasteiger partial charge in [-0.3, -0.25) is 4.52 Å². The van der Waals surface area contributed by atoms with Crippen LogP contribution in [0.4, 0.5) is 17.8 Å². The van der Waals surface area contributed by atoms with Crippen LogP contribution in [-0.4, -0.2) is 36.5 Å². The highest BCUT2D eigenvalue weighted by atomic mass is 31.2. The maximum Gasteiger partial charge on any atom is 0.469 e. The van der Waals surface area contributed by atoms with E-state index in [0.29, 0.717) is 5.56 Å². The molecule has 2 rings (SSSR count). The molecule has 0 radical (unpaired) electrons. The number of anilines is 3. The summed E-state index contributed by atoms with van der Waals surface area (Å²) in [4.78, 5) is 27.3. The number of nitrogens with zero attached hydrogens (tertiary/aromatic N) is 3. The molecule has 9 N–H and O–H groups in total. The van der Waals surface area contributed by atoms with Crippen LogP contribution in [0.2, 0.25) is 0 Å². The van der Waals surface area contributed by atoms with Gasteiger partial charge in [0.05, 0.1) is 12.7 Å². The fourth-order valence-electron chi connectivity index (χ4n) is 1.55. The van der Waals surface area contributed by atoms with E-state index in [2.05, 4.69) is 19.5 Å². The van der Waals surface area contributed by atoms with Gasteiger partial charge in [0.1, 0.15) is 0 Å². The molecular weight excluding hydrogens is 339 g/mol. The lowest BCUT2D eigenvalue weighted by molar-refractivity contribution is 0.124. The number of hydrogen-bond donors (Lipinski definition) is 6. The third-order valence-corrected chi connectivity index (χ3v) is 3.04. The average molecular weight is 358 g/mol. The van der Waals surface area contributed by atoms with Crippen LogP contribution in [0.3, 0.4) is 0 Å². The van der Waals surface area contributed by atoms with E-state index in [9.17, 15) is 9.67 Å². The lowest BCUT2D eigenvalue weighted by atomic mass is 10.1. The van der Waals surface area contributed by atoms with E-state index in [4.69, 9.17) is 27.0 Å². The summed E-state index contributed by atoms with van der Waals surface area (Å²) in [5.74, 6) is 0.125. The van der Waals surface area contributed by atoms with E-state index in [1.54, 1.807) is 24.3 Å². The molecule has 2 aromatic rings. The Morgan fingerprint density at radius 2 is 1.46 bits per heavy atom. The predicted octanol–water partition coefficient (Wildman–Crippen LogP) is -0.162. The van der Waals surface area contributed by atoms with Gasteiger partial charge in [0.25, 0.3) is 0 Å². The summed E-state index contributed by atoms with van der Waals surface area (Å²) >= 11 is 0. The molecule has 0 aliphatic rings. The van der Waals surface area contributed by atoms with Crippen LogP contribution in [0.1, 0.15) is 18.1 Å². The standard InChI is InChI=1S/C9H13O5P.C3H6N6/c10-9(6-7-14-15(11,12)13)8-4-2-1-3-5-8;4-1-7-2(5)9-3(6)8-1/h1-5,9-10H,6-7H2,(H2,11,12,13);(H6,4,5,6,7,8,9). The SMILES string of the molecule is Nc1nc(N)nc(N)n1.O=P(O)(O)OCCC(O)c1ccccc1. The van der Waals surface area contributed by atoms with Crippen molar-refractivity contribution in [3.05, 3.63) is 35.9 Å². The zero-order valence-corrected chi connectivity index (χ0v) is 13.5. The van der Waals surface area contributed by atoms with Crippen LogP contribution >= 0.6 is 7.82 Å². The van der Waals surface area contributed by atoms with Gasteiger partial charge in [-0.15, -0.1) is 0 Å². The van der Waals surface area contributed by atoms with Crippen molar-refractivity contribution in [1.82, 2.24) is 15.0 Å². The fourth-order valence-corrected chi connectivity index (χ4v) is 1.90. The first-order chi connectivity index (χ1) is 11.2. The molecule has 0 saturated carbocycles. The Morgan fingerprint density at radius 3 is 1.88 bits per heavy atom. The number of aromatic nitrogens is 3. The van der Waals surface area contributed by atoms with E-state index in [-0.39, 0.29) is 30.9 Å². The van der Waals surface area contributed by atoms with Crippen molar-refractivity contribution in [1.29, 1.82) is 0 Å². The minimum absolute atomic E-state index is 0.0417. The van der Waals surface area contributed by atoms with Crippen molar-refractivity contribution in [3.8, 4) is 0 Å². The molecule has 1 aromatic carbocycles. The van der Waals surface area contributed by atoms with Crippen LogP contribution in [0.5, 0.6) is 0 Å². The van der Waals surface area contributed by atoms with Crippen molar-refractivity contribution in [2.45, 2.75) is 12.5 Å². The molecular formula is C12H19N6O5P. The summed E-state index contributed by atoms with van der Waals surface area (Å²) in [5, 5.41) is 9.58. The number of aliphatic hydroxyl groups is 1. The monoisotopic (exact) mass is 358 g/mol. The van der Waals surface area contributed by atoms with Crippen LogP contribution in [-0.2, 0) is 9.09 Å². The van der Waals surface area contributed by atoms with Gasteiger partial charge in [-0.25, -0.2) is 4.57 Å². The van der Waals surface area contributed by atoms with Crippen molar-refractivity contribution < 1.29 is 24.0 Å². The Balaban J connectivity index is 0.000000272. The second kappa shape index (κ2) is 9.11. The molecule has 12 heteroatoms. The fraction of sp³-hybridized carbons (Fsp3) is 0.250. The van der Waals surface area contributed by atoms with Gasteiger partial charge < -0.3 is 32.1 Å². The molecule has 0 amide bonds. The number of phosphoric acid groups is 1. The highest BCUT2D eigenvalue weighted by Crippen LogP contribution is 2.36. The molecule has 0 aliphatic heterocycles. The second-order valence-corrected chi connectivity index (χ2v) is 5.69. The molecule has 24 heavy (non-hydrogen) atoms. The molecule has 1 aromatic heterocycles. The number of phosphoric ester groups is 1. The van der Waals surface area contributed by atoms with Crippen LogP contribution < -0.4 is 17.2 Å². The minimum Gasteiger partial charge on any atom is -0.388 e. The topological polar surface area (TPSA) is 204 Å². The van der Waals surface area contributed by atoms with Gasteiger partial charge >= 0.3 is 7.82 Å². The lowest BCUT2D eigenvalue weighted by Crippen LogP contribution is -2.05. The van der Waals surface area contributed by atoms with Gasteiger partial charge in [-0.05, 0) is 5.56 Å². The predicted molar refractivity (Wildman–Crippen MR) is 87.1 cm³/mol. The van der Waals surface area contributed by atoms with Gasteiger partial charge in [-0.2, -0.15) is 15.0 Å². The maximum absolute atomic E-state index is 10.3. The summed E-state index contributed by atoms with van der Waals surface area (Å²) in [7, 11) is -4.42. The van der Waals surface area contributed by atoms with E-state index in [1.165, 1.54) is 0 Å². The third kappa shape index (κ3) is 8.36. The Morgan fingerprint density at radius 1 is 1.00 bits per heavy atom. The molecule has 0 saturated heterocycles. The summed E-state index contributed by atoms with van der Waals surface area (Å²) in [6.07, 6.45) is -0.618. The van der Waals surface area contributed by atoms with Crippen LogP contribution in [0, 0.1) is 0 Å².